The molecule has 1 heterocycles. The second-order valence-corrected chi connectivity index (χ2v) is 15.6. The zero-order valence-electron chi connectivity index (χ0n) is 32.4. The molecule has 0 aliphatic carbocycles. The van der Waals surface area contributed by atoms with E-state index < -0.39 is 0 Å². The van der Waals surface area contributed by atoms with E-state index in [9.17, 15) is 5.26 Å². The van der Waals surface area contributed by atoms with Crippen molar-refractivity contribution in [1.82, 2.24) is 9.97 Å². The standard InChI is InChI=1S/C57H33N3/c58-34-35-21-23-36(24-22-35)41-14-4-16-43(29-41)51-33-52(60-57(59-51)40-9-2-1-3-10-40)44-17-5-15-42(30-44)46-31-45-28-27-39-12-7-19-48-47-18-6-11-37-25-26-38-13-8-20-49(55(38)53(37)47)50(32-46)56(45)54(39)48/h1-33H. The summed E-state index contributed by atoms with van der Waals surface area (Å²) in [5.74, 6) is 0.671. The summed E-state index contributed by atoms with van der Waals surface area (Å²) >= 11 is 0. The number of hydrogen-bond acceptors (Lipinski definition) is 3. The first-order valence-electron chi connectivity index (χ1n) is 20.3. The highest BCUT2D eigenvalue weighted by Crippen LogP contribution is 2.44. The molecule has 0 amide bonds. The Labute approximate surface area is 346 Å². The monoisotopic (exact) mass is 759 g/mol. The van der Waals surface area contributed by atoms with Gasteiger partial charge in [0, 0.05) is 16.7 Å². The Bertz CT molecular complexity index is 3700. The van der Waals surface area contributed by atoms with Gasteiger partial charge >= 0.3 is 0 Å². The highest BCUT2D eigenvalue weighted by Gasteiger charge is 2.17. The van der Waals surface area contributed by atoms with Gasteiger partial charge in [-0.1, -0.05) is 158 Å². The van der Waals surface area contributed by atoms with Crippen LogP contribution in [0.2, 0.25) is 0 Å². The van der Waals surface area contributed by atoms with Gasteiger partial charge in [0.15, 0.2) is 5.82 Å². The third-order valence-corrected chi connectivity index (χ3v) is 12.2. The molecule has 1 aromatic heterocycles. The minimum absolute atomic E-state index is 0.641. The van der Waals surface area contributed by atoms with E-state index in [4.69, 9.17) is 9.97 Å². The molecular formula is C57H33N3. The first kappa shape index (κ1) is 33.9. The second kappa shape index (κ2) is 13.5. The zero-order valence-corrected chi connectivity index (χ0v) is 32.4. The highest BCUT2D eigenvalue weighted by molar-refractivity contribution is 6.37. The summed E-state index contributed by atoms with van der Waals surface area (Å²) in [6.45, 7) is 0. The van der Waals surface area contributed by atoms with E-state index in [1.807, 2.05) is 42.5 Å². The van der Waals surface area contributed by atoms with E-state index in [1.54, 1.807) is 0 Å². The van der Waals surface area contributed by atoms with Crippen LogP contribution >= 0.6 is 0 Å². The maximum absolute atomic E-state index is 9.35. The lowest BCUT2D eigenvalue weighted by atomic mass is 9.86. The summed E-state index contributed by atoms with van der Waals surface area (Å²) in [5.41, 5.74) is 9.67. The third-order valence-electron chi connectivity index (χ3n) is 12.2. The van der Waals surface area contributed by atoms with Gasteiger partial charge in [-0.05, 0) is 129 Å². The number of rotatable bonds is 5. The van der Waals surface area contributed by atoms with Crippen LogP contribution in [-0.4, -0.2) is 9.97 Å². The molecule has 0 spiro atoms. The van der Waals surface area contributed by atoms with Crippen LogP contribution in [0.5, 0.6) is 0 Å². The van der Waals surface area contributed by atoms with E-state index in [0.717, 1.165) is 50.3 Å². The highest BCUT2D eigenvalue weighted by atomic mass is 14.9. The van der Waals surface area contributed by atoms with Crippen molar-refractivity contribution < 1.29 is 0 Å². The molecule has 0 atom stereocenters. The topological polar surface area (TPSA) is 49.6 Å². The first-order chi connectivity index (χ1) is 29.7. The van der Waals surface area contributed by atoms with Crippen molar-refractivity contribution in [3.63, 3.8) is 0 Å². The van der Waals surface area contributed by atoms with Crippen molar-refractivity contribution in [3.05, 3.63) is 206 Å². The van der Waals surface area contributed by atoms with E-state index in [2.05, 4.69) is 164 Å². The number of aromatic nitrogens is 2. The minimum Gasteiger partial charge on any atom is -0.228 e. The van der Waals surface area contributed by atoms with Crippen LogP contribution < -0.4 is 0 Å². The largest absolute Gasteiger partial charge is 0.228 e. The van der Waals surface area contributed by atoms with Gasteiger partial charge in [-0.2, -0.15) is 5.26 Å². The first-order valence-corrected chi connectivity index (χ1v) is 20.3. The molecule has 3 heteroatoms. The van der Waals surface area contributed by atoms with E-state index in [1.165, 1.54) is 64.6 Å². The summed E-state index contributed by atoms with van der Waals surface area (Å²) in [5, 5.41) is 24.6. The molecule has 0 fully saturated rings. The smallest absolute Gasteiger partial charge is 0.160 e. The van der Waals surface area contributed by atoms with Crippen molar-refractivity contribution in [1.29, 1.82) is 5.26 Å². The molecule has 0 unspecified atom stereocenters. The molecular weight excluding hydrogens is 727 g/mol. The average molecular weight is 760 g/mol. The summed E-state index contributed by atoms with van der Waals surface area (Å²) in [6.07, 6.45) is 0. The number of fused-ring (bicyclic) bond motifs is 2. The number of nitrogens with zero attached hydrogens (tertiary/aromatic N) is 3. The molecule has 12 rings (SSSR count). The van der Waals surface area contributed by atoms with E-state index in [-0.39, 0.29) is 0 Å². The molecule has 276 valence electrons. The minimum atomic E-state index is 0.641. The fraction of sp³-hybridized carbons (Fsp3) is 0. The molecule has 0 aliphatic rings. The van der Waals surface area contributed by atoms with Crippen LogP contribution in [0.15, 0.2) is 200 Å². The predicted octanol–water partition coefficient (Wildman–Crippen LogP) is 15.0. The molecule has 0 aliphatic heterocycles. The summed E-state index contributed by atoms with van der Waals surface area (Å²) < 4.78 is 0. The lowest BCUT2D eigenvalue weighted by molar-refractivity contribution is 1.18. The predicted molar refractivity (Wildman–Crippen MR) is 250 cm³/mol. The van der Waals surface area contributed by atoms with Crippen LogP contribution in [-0.2, 0) is 0 Å². The van der Waals surface area contributed by atoms with E-state index >= 15 is 0 Å². The molecule has 12 aromatic rings. The van der Waals surface area contributed by atoms with Gasteiger partial charge in [-0.15, -0.1) is 0 Å². The van der Waals surface area contributed by atoms with E-state index in [0.29, 0.717) is 11.4 Å². The molecule has 3 nitrogen and oxygen atoms in total. The van der Waals surface area contributed by atoms with Crippen LogP contribution in [0.25, 0.3) is 121 Å². The average Bonchev–Trinajstić information content (AvgIpc) is 3.32. The fourth-order valence-corrected chi connectivity index (χ4v) is 9.36. The summed E-state index contributed by atoms with van der Waals surface area (Å²) in [7, 11) is 0. The van der Waals surface area contributed by atoms with Gasteiger partial charge in [0.2, 0.25) is 0 Å². The van der Waals surface area contributed by atoms with Crippen LogP contribution in [0, 0.1) is 11.3 Å². The number of hydrogen-bond donors (Lipinski definition) is 0. The Morgan fingerprint density at radius 2 is 0.767 bits per heavy atom. The second-order valence-electron chi connectivity index (χ2n) is 15.6. The molecule has 0 bridgehead atoms. The zero-order chi connectivity index (χ0) is 39.7. The maximum Gasteiger partial charge on any atom is 0.160 e. The quantitative estimate of drug-likeness (QED) is 0.164. The van der Waals surface area contributed by atoms with Crippen molar-refractivity contribution in [2.24, 2.45) is 0 Å². The van der Waals surface area contributed by atoms with Crippen molar-refractivity contribution in [2.75, 3.05) is 0 Å². The van der Waals surface area contributed by atoms with Crippen LogP contribution in [0.3, 0.4) is 0 Å². The maximum atomic E-state index is 9.35. The number of nitriles is 1. The molecule has 11 aromatic carbocycles. The Hall–Kier alpha value is -8.19. The summed E-state index contributed by atoms with van der Waals surface area (Å²) in [4.78, 5) is 10.4. The Kier molecular flexibility index (Phi) is 7.60. The molecule has 0 saturated heterocycles. The van der Waals surface area contributed by atoms with Crippen molar-refractivity contribution in [3.8, 4) is 62.2 Å². The third kappa shape index (κ3) is 5.43. The van der Waals surface area contributed by atoms with Gasteiger partial charge in [0.25, 0.3) is 0 Å². The van der Waals surface area contributed by atoms with Crippen molar-refractivity contribution >= 4 is 64.6 Å². The van der Waals surface area contributed by atoms with Gasteiger partial charge in [-0.25, -0.2) is 9.97 Å². The van der Waals surface area contributed by atoms with Gasteiger partial charge in [-0.3, -0.25) is 0 Å². The number of benzene rings is 10. The Morgan fingerprint density at radius 3 is 1.33 bits per heavy atom. The lowest BCUT2D eigenvalue weighted by Gasteiger charge is -2.17. The molecule has 0 saturated carbocycles. The molecule has 0 radical (unpaired) electrons. The normalized spacial score (nSPS) is 11.7. The van der Waals surface area contributed by atoms with Crippen LogP contribution in [0.4, 0.5) is 0 Å². The lowest BCUT2D eigenvalue weighted by Crippen LogP contribution is -1.96. The Balaban J connectivity index is 1.07. The van der Waals surface area contributed by atoms with Crippen molar-refractivity contribution in [2.45, 2.75) is 0 Å². The molecule has 60 heavy (non-hydrogen) atoms. The molecule has 0 N–H and O–H groups in total. The van der Waals surface area contributed by atoms with Gasteiger partial charge < -0.3 is 0 Å². The fourth-order valence-electron chi connectivity index (χ4n) is 9.36. The Morgan fingerprint density at radius 1 is 0.300 bits per heavy atom. The van der Waals surface area contributed by atoms with Crippen LogP contribution in [0.1, 0.15) is 5.56 Å². The van der Waals surface area contributed by atoms with Gasteiger partial charge in [0.1, 0.15) is 0 Å². The summed E-state index contributed by atoms with van der Waals surface area (Å²) in [6, 6.07) is 73.6. The van der Waals surface area contributed by atoms with Gasteiger partial charge in [0.05, 0.1) is 23.0 Å². The SMILES string of the molecule is N#Cc1ccc(-c2cccc(-c3cc(-c4cccc(-c5cc6ccc7cccc8c9cccc%10ccc%11cccc(c(c5)c6c78)c%11c%109)c4)nc(-c4ccccc4)n3)c2)cc1.